The number of nitrogens with zero attached hydrogens (tertiary/aromatic N) is 2. The zero-order valence-electron chi connectivity index (χ0n) is 12.4. The first-order valence-corrected chi connectivity index (χ1v) is 8.23. The first-order chi connectivity index (χ1) is 10.1. The van der Waals surface area contributed by atoms with Gasteiger partial charge in [0.2, 0.25) is 11.9 Å². The summed E-state index contributed by atoms with van der Waals surface area (Å²) in [5.74, 6) is -0.386. The molecule has 1 heterocycles. The Morgan fingerprint density at radius 3 is 2.24 bits per heavy atom. The SMILES string of the molecule is O=C([C@H]1C[C@H]1[N+](=O)[O-])N1CCC(OC2CCCCC2)CC1. The number of carbonyl (C=O) groups is 1. The van der Waals surface area contributed by atoms with E-state index in [1.54, 1.807) is 4.90 Å². The molecular weight excluding hydrogens is 272 g/mol. The monoisotopic (exact) mass is 296 g/mol. The Hall–Kier alpha value is -1.17. The fourth-order valence-corrected chi connectivity index (χ4v) is 3.60. The molecule has 2 atom stereocenters. The van der Waals surface area contributed by atoms with Gasteiger partial charge in [-0.25, -0.2) is 0 Å². The molecule has 6 nitrogen and oxygen atoms in total. The molecule has 2 aliphatic carbocycles. The zero-order valence-corrected chi connectivity index (χ0v) is 12.4. The molecule has 3 rings (SSSR count). The Balaban J connectivity index is 1.40. The highest BCUT2D eigenvalue weighted by Gasteiger charge is 2.54. The third-order valence-corrected chi connectivity index (χ3v) is 5.04. The van der Waals surface area contributed by atoms with Crippen molar-refractivity contribution >= 4 is 5.91 Å². The fraction of sp³-hybridized carbons (Fsp3) is 0.933. The maximum Gasteiger partial charge on any atom is 0.232 e. The Bertz CT molecular complexity index is 400. The molecule has 1 amide bonds. The van der Waals surface area contributed by atoms with Crippen LogP contribution >= 0.6 is 0 Å². The van der Waals surface area contributed by atoms with Gasteiger partial charge in [0, 0.05) is 24.4 Å². The highest BCUT2D eigenvalue weighted by molar-refractivity contribution is 5.82. The number of ether oxygens (including phenoxy) is 1. The quantitative estimate of drug-likeness (QED) is 0.587. The lowest BCUT2D eigenvalue weighted by atomic mass is 9.97. The predicted molar refractivity (Wildman–Crippen MR) is 76.4 cm³/mol. The molecule has 21 heavy (non-hydrogen) atoms. The topological polar surface area (TPSA) is 72.7 Å². The zero-order chi connectivity index (χ0) is 14.8. The number of amides is 1. The second-order valence-electron chi connectivity index (χ2n) is 6.62. The molecule has 0 bridgehead atoms. The van der Waals surface area contributed by atoms with Gasteiger partial charge in [-0.1, -0.05) is 19.3 Å². The van der Waals surface area contributed by atoms with Crippen molar-refractivity contribution in [3.8, 4) is 0 Å². The Morgan fingerprint density at radius 2 is 1.67 bits per heavy atom. The second kappa shape index (κ2) is 6.30. The lowest BCUT2D eigenvalue weighted by Gasteiger charge is -2.35. The van der Waals surface area contributed by atoms with Crippen molar-refractivity contribution in [3.05, 3.63) is 10.1 Å². The van der Waals surface area contributed by atoms with Crippen molar-refractivity contribution in [1.29, 1.82) is 0 Å². The number of likely N-dealkylation sites (tertiary alicyclic amines) is 1. The third kappa shape index (κ3) is 3.54. The average Bonchev–Trinajstić information content (AvgIpc) is 3.29. The summed E-state index contributed by atoms with van der Waals surface area (Å²) >= 11 is 0. The van der Waals surface area contributed by atoms with Gasteiger partial charge in [-0.15, -0.1) is 0 Å². The first kappa shape index (κ1) is 14.8. The van der Waals surface area contributed by atoms with Crippen LogP contribution in [0.4, 0.5) is 0 Å². The molecule has 0 unspecified atom stereocenters. The maximum atomic E-state index is 12.2. The van der Waals surface area contributed by atoms with Crippen molar-refractivity contribution in [3.63, 3.8) is 0 Å². The van der Waals surface area contributed by atoms with Crippen molar-refractivity contribution < 1.29 is 14.5 Å². The number of hydrogen-bond acceptors (Lipinski definition) is 4. The van der Waals surface area contributed by atoms with Gasteiger partial charge in [-0.2, -0.15) is 0 Å². The number of hydrogen-bond donors (Lipinski definition) is 0. The molecule has 3 aliphatic rings. The van der Waals surface area contributed by atoms with E-state index in [1.807, 2.05) is 0 Å². The molecule has 0 N–H and O–H groups in total. The van der Waals surface area contributed by atoms with Crippen LogP contribution in [-0.4, -0.2) is 47.1 Å². The summed E-state index contributed by atoms with van der Waals surface area (Å²) in [6.45, 7) is 1.38. The highest BCUT2D eigenvalue weighted by atomic mass is 16.6. The predicted octanol–water partition coefficient (Wildman–Crippen LogP) is 1.99. The molecule has 0 aromatic carbocycles. The molecule has 0 radical (unpaired) electrons. The number of carbonyl (C=O) groups excluding carboxylic acids is 1. The number of rotatable bonds is 4. The van der Waals surface area contributed by atoms with Crippen molar-refractivity contribution in [2.45, 2.75) is 69.6 Å². The minimum Gasteiger partial charge on any atom is -0.375 e. The molecule has 118 valence electrons. The van der Waals surface area contributed by atoms with Gasteiger partial charge in [0.15, 0.2) is 0 Å². The minimum atomic E-state index is -0.631. The van der Waals surface area contributed by atoms with Gasteiger partial charge in [0.25, 0.3) is 0 Å². The molecule has 2 saturated carbocycles. The normalized spacial score (nSPS) is 31.1. The Kier molecular flexibility index (Phi) is 4.42. The Morgan fingerprint density at radius 1 is 1.05 bits per heavy atom. The Labute approximate surface area is 125 Å². The van der Waals surface area contributed by atoms with Crippen LogP contribution in [0.25, 0.3) is 0 Å². The van der Waals surface area contributed by atoms with E-state index in [-0.39, 0.29) is 22.9 Å². The van der Waals surface area contributed by atoms with Crippen molar-refractivity contribution in [2.24, 2.45) is 5.92 Å². The van der Waals surface area contributed by atoms with E-state index in [0.717, 1.165) is 12.8 Å². The molecule has 1 saturated heterocycles. The van der Waals surface area contributed by atoms with Gasteiger partial charge in [0.1, 0.15) is 5.92 Å². The van der Waals surface area contributed by atoms with Crippen LogP contribution in [0.3, 0.4) is 0 Å². The smallest absolute Gasteiger partial charge is 0.232 e. The maximum absolute atomic E-state index is 12.2. The molecular formula is C15H24N2O4. The highest BCUT2D eigenvalue weighted by Crippen LogP contribution is 2.35. The van der Waals surface area contributed by atoms with Gasteiger partial charge in [-0.3, -0.25) is 14.9 Å². The van der Waals surface area contributed by atoms with Crippen LogP contribution in [0, 0.1) is 16.0 Å². The molecule has 0 aromatic heterocycles. The van der Waals surface area contributed by atoms with E-state index >= 15 is 0 Å². The lowest BCUT2D eigenvalue weighted by molar-refractivity contribution is -0.497. The number of piperidine rings is 1. The van der Waals surface area contributed by atoms with Crippen molar-refractivity contribution in [1.82, 2.24) is 4.90 Å². The van der Waals surface area contributed by atoms with E-state index < -0.39 is 6.04 Å². The summed E-state index contributed by atoms with van der Waals surface area (Å²) in [7, 11) is 0. The minimum absolute atomic E-state index is 0.0205. The molecule has 1 aliphatic heterocycles. The fourth-order valence-electron chi connectivity index (χ4n) is 3.60. The van der Waals surface area contributed by atoms with E-state index in [1.165, 1.54) is 32.1 Å². The summed E-state index contributed by atoms with van der Waals surface area (Å²) < 4.78 is 6.15. The van der Waals surface area contributed by atoms with E-state index in [0.29, 0.717) is 25.6 Å². The standard InChI is InChI=1S/C15H24N2O4/c18-15(13-10-14(13)17(19)20)16-8-6-12(7-9-16)21-11-4-2-1-3-5-11/h11-14H,1-10H2/t13-,14+/m0/s1. The summed E-state index contributed by atoms with van der Waals surface area (Å²) in [5, 5.41) is 10.6. The third-order valence-electron chi connectivity index (χ3n) is 5.04. The first-order valence-electron chi connectivity index (χ1n) is 8.23. The second-order valence-corrected chi connectivity index (χ2v) is 6.62. The molecule has 3 fully saturated rings. The summed E-state index contributed by atoms with van der Waals surface area (Å²) in [4.78, 5) is 24.3. The van der Waals surface area contributed by atoms with Crippen LogP contribution in [0.1, 0.15) is 51.4 Å². The summed E-state index contributed by atoms with van der Waals surface area (Å²) in [5.41, 5.74) is 0. The van der Waals surface area contributed by atoms with Crippen LogP contribution in [0.2, 0.25) is 0 Å². The molecule has 6 heteroatoms. The van der Waals surface area contributed by atoms with Gasteiger partial charge in [0.05, 0.1) is 12.2 Å². The van der Waals surface area contributed by atoms with Crippen LogP contribution in [0.15, 0.2) is 0 Å². The molecule has 0 spiro atoms. The molecule has 0 aromatic rings. The largest absolute Gasteiger partial charge is 0.375 e. The lowest BCUT2D eigenvalue weighted by Crippen LogP contribution is -2.43. The van der Waals surface area contributed by atoms with Crippen LogP contribution in [0.5, 0.6) is 0 Å². The van der Waals surface area contributed by atoms with E-state index in [2.05, 4.69) is 0 Å². The van der Waals surface area contributed by atoms with Crippen molar-refractivity contribution in [2.75, 3.05) is 13.1 Å². The van der Waals surface area contributed by atoms with E-state index in [4.69, 9.17) is 4.74 Å². The summed E-state index contributed by atoms with van der Waals surface area (Å²) in [6.07, 6.45) is 9.05. The van der Waals surface area contributed by atoms with E-state index in [9.17, 15) is 14.9 Å². The van der Waals surface area contributed by atoms with Crippen LogP contribution in [-0.2, 0) is 9.53 Å². The number of nitro groups is 1. The van der Waals surface area contributed by atoms with Gasteiger partial charge < -0.3 is 9.64 Å². The average molecular weight is 296 g/mol. The van der Waals surface area contributed by atoms with Gasteiger partial charge >= 0.3 is 0 Å². The van der Waals surface area contributed by atoms with Gasteiger partial charge in [-0.05, 0) is 25.7 Å². The van der Waals surface area contributed by atoms with Crippen LogP contribution < -0.4 is 0 Å². The summed E-state index contributed by atoms with van der Waals surface area (Å²) in [6, 6.07) is -0.631.